The molecule has 0 rings (SSSR count). The van der Waals surface area contributed by atoms with E-state index < -0.39 is 36.2 Å². The third-order valence-electron chi connectivity index (χ3n) is 1.38. The van der Waals surface area contributed by atoms with Crippen LogP contribution in [0.15, 0.2) is 0 Å². The van der Waals surface area contributed by atoms with Gasteiger partial charge >= 0.3 is 11.9 Å². The number of hydrogen-bond donors (Lipinski definition) is 4. The van der Waals surface area contributed by atoms with E-state index in [0.29, 0.717) is 0 Å². The lowest BCUT2D eigenvalue weighted by Gasteiger charge is -2.19. The van der Waals surface area contributed by atoms with Crippen LogP contribution in [-0.4, -0.2) is 49.9 Å². The molecule has 0 spiro atoms. The first kappa shape index (κ1) is 17.9. The molecular weight excluding hydrogens is 232 g/mol. The van der Waals surface area contributed by atoms with Gasteiger partial charge in [-0.3, -0.25) is 9.59 Å². The summed E-state index contributed by atoms with van der Waals surface area (Å²) < 4.78 is 0. The minimum absolute atomic E-state index is 0.167. The summed E-state index contributed by atoms with van der Waals surface area (Å²) in [6, 6.07) is 0. The SMILES string of the molecule is CC(=O)CC(O)(CC(=O)O)C(=O)O.CC(C)O. The Morgan fingerprint density at radius 1 is 1.12 bits per heavy atom. The first-order chi connectivity index (χ1) is 7.51. The van der Waals surface area contributed by atoms with E-state index in [1.54, 1.807) is 13.8 Å². The molecule has 0 aromatic carbocycles. The largest absolute Gasteiger partial charge is 0.481 e. The Kier molecular flexibility index (Phi) is 8.16. The maximum absolute atomic E-state index is 10.5. The summed E-state index contributed by atoms with van der Waals surface area (Å²) in [6.45, 7) is 4.52. The van der Waals surface area contributed by atoms with Gasteiger partial charge in [-0.1, -0.05) is 0 Å². The van der Waals surface area contributed by atoms with Crippen molar-refractivity contribution in [2.75, 3.05) is 0 Å². The number of carbonyl (C=O) groups is 3. The van der Waals surface area contributed by atoms with E-state index in [4.69, 9.17) is 15.3 Å². The molecule has 0 aromatic rings. The number of carboxylic acid groups (broad SMARTS) is 2. The highest BCUT2D eigenvalue weighted by atomic mass is 16.4. The van der Waals surface area contributed by atoms with Gasteiger partial charge in [0.1, 0.15) is 5.78 Å². The monoisotopic (exact) mass is 250 g/mol. The van der Waals surface area contributed by atoms with Gasteiger partial charge in [0.05, 0.1) is 6.42 Å². The maximum atomic E-state index is 10.5. The van der Waals surface area contributed by atoms with Crippen LogP contribution in [0.4, 0.5) is 0 Å². The Labute approximate surface area is 98.7 Å². The Morgan fingerprint density at radius 3 is 1.65 bits per heavy atom. The summed E-state index contributed by atoms with van der Waals surface area (Å²) >= 11 is 0. The fourth-order valence-electron chi connectivity index (χ4n) is 0.876. The van der Waals surface area contributed by atoms with E-state index in [-0.39, 0.29) is 6.10 Å². The van der Waals surface area contributed by atoms with Crippen LogP contribution in [0, 0.1) is 0 Å². The maximum Gasteiger partial charge on any atom is 0.336 e. The number of hydrogen-bond acceptors (Lipinski definition) is 5. The van der Waals surface area contributed by atoms with Crippen molar-refractivity contribution in [1.82, 2.24) is 0 Å². The van der Waals surface area contributed by atoms with Gasteiger partial charge in [0.2, 0.25) is 0 Å². The van der Waals surface area contributed by atoms with Crippen LogP contribution in [0.3, 0.4) is 0 Å². The zero-order valence-electron chi connectivity index (χ0n) is 10.0. The van der Waals surface area contributed by atoms with Crippen molar-refractivity contribution in [3.63, 3.8) is 0 Å². The summed E-state index contributed by atoms with van der Waals surface area (Å²) in [6.07, 6.45) is -1.85. The number of ketones is 1. The molecule has 0 aliphatic heterocycles. The van der Waals surface area contributed by atoms with Crippen molar-refractivity contribution in [2.24, 2.45) is 0 Å². The van der Waals surface area contributed by atoms with Crippen molar-refractivity contribution < 1.29 is 34.8 Å². The summed E-state index contributed by atoms with van der Waals surface area (Å²) in [5.74, 6) is -3.75. The summed E-state index contributed by atoms with van der Waals surface area (Å²) in [7, 11) is 0. The molecule has 100 valence electrons. The van der Waals surface area contributed by atoms with E-state index in [9.17, 15) is 19.5 Å². The molecule has 0 saturated heterocycles. The summed E-state index contributed by atoms with van der Waals surface area (Å²) in [5, 5.41) is 34.0. The molecule has 0 aliphatic carbocycles. The lowest BCUT2D eigenvalue weighted by Crippen LogP contribution is -2.42. The van der Waals surface area contributed by atoms with Gasteiger partial charge in [-0.15, -0.1) is 0 Å². The Morgan fingerprint density at radius 2 is 1.47 bits per heavy atom. The van der Waals surface area contributed by atoms with Crippen LogP contribution in [0.5, 0.6) is 0 Å². The lowest BCUT2D eigenvalue weighted by atomic mass is 9.94. The van der Waals surface area contributed by atoms with Crippen molar-refractivity contribution >= 4 is 17.7 Å². The van der Waals surface area contributed by atoms with Crippen molar-refractivity contribution in [2.45, 2.75) is 45.3 Å². The zero-order valence-corrected chi connectivity index (χ0v) is 10.0. The first-order valence-corrected chi connectivity index (χ1v) is 4.86. The Bertz CT molecular complexity index is 264. The van der Waals surface area contributed by atoms with Crippen LogP contribution in [0.2, 0.25) is 0 Å². The molecule has 1 atom stereocenters. The topological polar surface area (TPSA) is 132 Å². The molecule has 0 aromatic heterocycles. The molecule has 4 N–H and O–H groups in total. The highest BCUT2D eigenvalue weighted by molar-refractivity contribution is 5.90. The van der Waals surface area contributed by atoms with E-state index >= 15 is 0 Å². The third-order valence-corrected chi connectivity index (χ3v) is 1.38. The standard InChI is InChI=1S/C7H10O6.C3H8O/c1-4(8)2-7(13,6(11)12)3-5(9)10;1-3(2)4/h13H,2-3H2,1H3,(H,9,10)(H,11,12);3-4H,1-2H3. The van der Waals surface area contributed by atoms with E-state index in [0.717, 1.165) is 6.92 Å². The molecule has 0 heterocycles. The minimum atomic E-state index is -2.49. The van der Waals surface area contributed by atoms with Gasteiger partial charge in [-0.2, -0.15) is 0 Å². The quantitative estimate of drug-likeness (QED) is 0.523. The predicted molar refractivity (Wildman–Crippen MR) is 57.5 cm³/mol. The number of aliphatic hydroxyl groups excluding tert-OH is 1. The van der Waals surface area contributed by atoms with Gasteiger partial charge in [0.15, 0.2) is 5.60 Å². The van der Waals surface area contributed by atoms with Crippen molar-refractivity contribution in [3.8, 4) is 0 Å². The third kappa shape index (κ3) is 10.8. The molecule has 0 radical (unpaired) electrons. The average molecular weight is 250 g/mol. The Hall–Kier alpha value is -1.47. The fourth-order valence-corrected chi connectivity index (χ4v) is 0.876. The molecule has 17 heavy (non-hydrogen) atoms. The first-order valence-electron chi connectivity index (χ1n) is 4.86. The van der Waals surface area contributed by atoms with Crippen LogP contribution < -0.4 is 0 Å². The second-order valence-corrected chi connectivity index (χ2v) is 3.88. The van der Waals surface area contributed by atoms with Gasteiger partial charge in [0.25, 0.3) is 0 Å². The number of carboxylic acids is 2. The summed E-state index contributed by atoms with van der Waals surface area (Å²) in [4.78, 5) is 31.1. The van der Waals surface area contributed by atoms with Gasteiger partial charge in [0, 0.05) is 12.5 Å². The molecule has 0 fully saturated rings. The number of aliphatic hydroxyl groups is 2. The highest BCUT2D eigenvalue weighted by Gasteiger charge is 2.39. The highest BCUT2D eigenvalue weighted by Crippen LogP contribution is 2.16. The van der Waals surface area contributed by atoms with Crippen LogP contribution in [-0.2, 0) is 14.4 Å². The molecule has 0 bridgehead atoms. The molecule has 0 amide bonds. The van der Waals surface area contributed by atoms with Crippen LogP contribution >= 0.6 is 0 Å². The second-order valence-electron chi connectivity index (χ2n) is 3.88. The number of Topliss-reactive ketones (excluding diaryl/α,β-unsaturated/α-hetero) is 1. The van der Waals surface area contributed by atoms with Gasteiger partial charge in [-0.25, -0.2) is 4.79 Å². The van der Waals surface area contributed by atoms with E-state index in [1.165, 1.54) is 0 Å². The molecule has 1 unspecified atom stereocenters. The Balaban J connectivity index is 0. The zero-order chi connectivity index (χ0) is 14.2. The van der Waals surface area contributed by atoms with Crippen LogP contribution in [0.25, 0.3) is 0 Å². The molecule has 7 nitrogen and oxygen atoms in total. The van der Waals surface area contributed by atoms with Crippen LogP contribution in [0.1, 0.15) is 33.6 Å². The number of aliphatic carboxylic acids is 2. The van der Waals surface area contributed by atoms with Gasteiger partial charge in [-0.05, 0) is 20.8 Å². The predicted octanol–water partition coefficient (Wildman–Crippen LogP) is -0.357. The second kappa shape index (κ2) is 7.75. The smallest absolute Gasteiger partial charge is 0.336 e. The molecule has 0 aliphatic rings. The van der Waals surface area contributed by atoms with Crippen molar-refractivity contribution in [1.29, 1.82) is 0 Å². The average Bonchev–Trinajstić information content (AvgIpc) is 1.98. The van der Waals surface area contributed by atoms with Crippen molar-refractivity contribution in [3.05, 3.63) is 0 Å². The fraction of sp³-hybridized carbons (Fsp3) is 0.700. The minimum Gasteiger partial charge on any atom is -0.481 e. The van der Waals surface area contributed by atoms with E-state index in [2.05, 4.69) is 0 Å². The molecule has 7 heteroatoms. The number of rotatable bonds is 5. The van der Waals surface area contributed by atoms with E-state index in [1.807, 2.05) is 0 Å². The molecule has 0 saturated carbocycles. The lowest BCUT2D eigenvalue weighted by molar-refractivity contribution is -0.167. The normalized spacial score (nSPS) is 13.3. The van der Waals surface area contributed by atoms with Gasteiger partial charge < -0.3 is 20.4 Å². The number of carbonyl (C=O) groups excluding carboxylic acids is 1. The summed E-state index contributed by atoms with van der Waals surface area (Å²) in [5.41, 5.74) is -2.49. The molecular formula is C10H18O7.